The number of alkyl halides is 3. The standard InChI is InChI=1S/C24H20F3N5OS/c1-15-8-3-6-12-20(15)32-21(17-9-7-13-28-14-17)30-31-23(32)34-16(2)22(33)29-19-11-5-4-10-18(19)24(25,26)27/h3-14,16H,1-2H3,(H,29,33). The van der Waals surface area contributed by atoms with Gasteiger partial charge in [-0.25, -0.2) is 0 Å². The zero-order chi connectivity index (χ0) is 24.3. The van der Waals surface area contributed by atoms with Gasteiger partial charge in [0.05, 0.1) is 22.2 Å². The highest BCUT2D eigenvalue weighted by Crippen LogP contribution is 2.35. The molecular weight excluding hydrogens is 463 g/mol. The van der Waals surface area contributed by atoms with Crippen molar-refractivity contribution in [1.82, 2.24) is 19.7 Å². The largest absolute Gasteiger partial charge is 0.418 e. The Morgan fingerprint density at radius 3 is 2.47 bits per heavy atom. The molecule has 2 aromatic heterocycles. The van der Waals surface area contributed by atoms with Crippen molar-refractivity contribution in [3.05, 3.63) is 84.2 Å². The van der Waals surface area contributed by atoms with Crippen LogP contribution in [0.15, 0.2) is 78.2 Å². The molecule has 34 heavy (non-hydrogen) atoms. The Kier molecular flexibility index (Phi) is 6.69. The second-order valence-corrected chi connectivity index (χ2v) is 8.77. The number of nitrogens with zero attached hydrogens (tertiary/aromatic N) is 4. The molecule has 2 heterocycles. The van der Waals surface area contributed by atoms with Gasteiger partial charge in [0.15, 0.2) is 11.0 Å². The Labute approximate surface area is 198 Å². The number of carbonyl (C=O) groups is 1. The van der Waals surface area contributed by atoms with Crippen LogP contribution >= 0.6 is 11.8 Å². The highest BCUT2D eigenvalue weighted by Gasteiger charge is 2.34. The smallest absolute Gasteiger partial charge is 0.325 e. The van der Waals surface area contributed by atoms with Gasteiger partial charge >= 0.3 is 6.18 Å². The quantitative estimate of drug-likeness (QED) is 0.352. The minimum absolute atomic E-state index is 0.288. The third-order valence-electron chi connectivity index (χ3n) is 5.05. The number of hydrogen-bond acceptors (Lipinski definition) is 5. The number of benzene rings is 2. The molecule has 0 saturated carbocycles. The molecule has 4 aromatic rings. The zero-order valence-electron chi connectivity index (χ0n) is 18.2. The van der Waals surface area contributed by atoms with E-state index < -0.39 is 22.9 Å². The topological polar surface area (TPSA) is 72.7 Å². The van der Waals surface area contributed by atoms with E-state index in [1.165, 1.54) is 18.2 Å². The first kappa shape index (κ1) is 23.5. The molecule has 1 unspecified atom stereocenters. The van der Waals surface area contributed by atoms with Gasteiger partial charge in [-0.1, -0.05) is 42.1 Å². The van der Waals surface area contributed by atoms with Crippen LogP contribution < -0.4 is 5.32 Å². The van der Waals surface area contributed by atoms with E-state index in [2.05, 4.69) is 20.5 Å². The van der Waals surface area contributed by atoms with Crippen molar-refractivity contribution in [1.29, 1.82) is 0 Å². The van der Waals surface area contributed by atoms with Gasteiger partial charge in [-0.2, -0.15) is 13.2 Å². The molecule has 10 heteroatoms. The van der Waals surface area contributed by atoms with Gasteiger partial charge in [-0.15, -0.1) is 10.2 Å². The van der Waals surface area contributed by atoms with Gasteiger partial charge in [-0.3, -0.25) is 14.3 Å². The Morgan fingerprint density at radius 1 is 1.03 bits per heavy atom. The van der Waals surface area contributed by atoms with Crippen LogP contribution in [0.4, 0.5) is 18.9 Å². The van der Waals surface area contributed by atoms with E-state index in [1.54, 1.807) is 25.4 Å². The SMILES string of the molecule is Cc1ccccc1-n1c(SC(C)C(=O)Nc2ccccc2C(F)(F)F)nnc1-c1cccnc1. The number of thioether (sulfide) groups is 1. The lowest BCUT2D eigenvalue weighted by Crippen LogP contribution is -2.24. The van der Waals surface area contributed by atoms with Gasteiger partial charge in [0, 0.05) is 18.0 Å². The lowest BCUT2D eigenvalue weighted by Gasteiger charge is -2.17. The van der Waals surface area contributed by atoms with Crippen LogP contribution in [-0.4, -0.2) is 30.9 Å². The summed E-state index contributed by atoms with van der Waals surface area (Å²) < 4.78 is 41.7. The van der Waals surface area contributed by atoms with E-state index in [1.807, 2.05) is 41.8 Å². The Morgan fingerprint density at radius 2 is 1.76 bits per heavy atom. The second kappa shape index (κ2) is 9.68. The molecule has 0 radical (unpaired) electrons. The fraction of sp³-hybridized carbons (Fsp3) is 0.167. The molecule has 1 atom stereocenters. The number of pyridine rings is 1. The fourth-order valence-corrected chi connectivity index (χ4v) is 4.21. The van der Waals surface area contributed by atoms with E-state index in [4.69, 9.17) is 0 Å². The molecule has 174 valence electrons. The molecule has 0 saturated heterocycles. The van der Waals surface area contributed by atoms with Crippen molar-refractivity contribution in [2.24, 2.45) is 0 Å². The van der Waals surface area contributed by atoms with Crippen LogP contribution in [0.1, 0.15) is 18.1 Å². The molecular formula is C24H20F3N5OS. The highest BCUT2D eigenvalue weighted by atomic mass is 32.2. The van der Waals surface area contributed by atoms with E-state index in [9.17, 15) is 18.0 Å². The molecule has 6 nitrogen and oxygen atoms in total. The maximum atomic E-state index is 13.3. The van der Waals surface area contributed by atoms with Crippen molar-refractivity contribution in [2.45, 2.75) is 30.4 Å². The molecule has 2 aromatic carbocycles. The average molecular weight is 484 g/mol. The molecule has 0 bridgehead atoms. The lowest BCUT2D eigenvalue weighted by atomic mass is 10.1. The van der Waals surface area contributed by atoms with Gasteiger partial charge in [0.1, 0.15) is 0 Å². The maximum absolute atomic E-state index is 13.3. The van der Waals surface area contributed by atoms with Crippen LogP contribution in [0.2, 0.25) is 0 Å². The number of para-hydroxylation sites is 2. The van der Waals surface area contributed by atoms with E-state index in [0.717, 1.165) is 34.6 Å². The van der Waals surface area contributed by atoms with Crippen molar-refractivity contribution >= 4 is 23.4 Å². The molecule has 4 rings (SSSR count). The number of hydrogen-bond donors (Lipinski definition) is 1. The number of aromatic nitrogens is 4. The molecule has 0 aliphatic heterocycles. The molecule has 1 N–H and O–H groups in total. The first-order chi connectivity index (χ1) is 16.3. The van der Waals surface area contributed by atoms with Gasteiger partial charge in [0.2, 0.25) is 5.91 Å². The predicted octanol–water partition coefficient (Wildman–Crippen LogP) is 5.78. The minimum atomic E-state index is -4.58. The molecule has 0 aliphatic carbocycles. The number of halogens is 3. The number of nitrogens with one attached hydrogen (secondary N) is 1. The maximum Gasteiger partial charge on any atom is 0.418 e. The average Bonchev–Trinajstić information content (AvgIpc) is 3.22. The van der Waals surface area contributed by atoms with Crippen LogP contribution in [0.5, 0.6) is 0 Å². The van der Waals surface area contributed by atoms with Gasteiger partial charge in [-0.05, 0) is 49.7 Å². The number of carbonyl (C=O) groups excluding carboxylic acids is 1. The fourth-order valence-electron chi connectivity index (χ4n) is 3.35. The van der Waals surface area contributed by atoms with Gasteiger partial charge in [0.25, 0.3) is 0 Å². The summed E-state index contributed by atoms with van der Waals surface area (Å²) in [4.78, 5) is 17.0. The van der Waals surface area contributed by atoms with Crippen molar-refractivity contribution < 1.29 is 18.0 Å². The summed E-state index contributed by atoms with van der Waals surface area (Å²) in [5.74, 6) is -0.0381. The molecule has 0 spiro atoms. The number of amides is 1. The van der Waals surface area contributed by atoms with Crippen LogP contribution in [-0.2, 0) is 11.0 Å². The van der Waals surface area contributed by atoms with Crippen molar-refractivity contribution in [3.8, 4) is 17.1 Å². The third kappa shape index (κ3) is 4.96. The molecule has 0 fully saturated rings. The normalized spacial score (nSPS) is 12.4. The number of aryl methyl sites for hydroxylation is 1. The second-order valence-electron chi connectivity index (χ2n) is 7.46. The van der Waals surface area contributed by atoms with Crippen LogP contribution in [0.25, 0.3) is 17.1 Å². The molecule has 0 aliphatic rings. The van der Waals surface area contributed by atoms with Crippen LogP contribution in [0, 0.1) is 6.92 Å². The summed E-state index contributed by atoms with van der Waals surface area (Å²) in [6.45, 7) is 3.55. The first-order valence-corrected chi connectivity index (χ1v) is 11.2. The van der Waals surface area contributed by atoms with E-state index >= 15 is 0 Å². The monoisotopic (exact) mass is 483 g/mol. The van der Waals surface area contributed by atoms with E-state index in [0.29, 0.717) is 11.0 Å². The predicted molar refractivity (Wildman–Crippen MR) is 125 cm³/mol. The van der Waals surface area contributed by atoms with Crippen LogP contribution in [0.3, 0.4) is 0 Å². The molecule has 1 amide bonds. The summed E-state index contributed by atoms with van der Waals surface area (Å²) in [6.07, 6.45) is -1.26. The Bertz CT molecular complexity index is 1310. The lowest BCUT2D eigenvalue weighted by molar-refractivity contribution is -0.137. The summed E-state index contributed by atoms with van der Waals surface area (Å²) in [6, 6.07) is 16.2. The van der Waals surface area contributed by atoms with Crippen molar-refractivity contribution in [2.75, 3.05) is 5.32 Å². The third-order valence-corrected chi connectivity index (χ3v) is 6.09. The van der Waals surface area contributed by atoms with Gasteiger partial charge < -0.3 is 5.32 Å². The number of rotatable bonds is 6. The summed E-state index contributed by atoms with van der Waals surface area (Å²) in [5.41, 5.74) is 1.34. The first-order valence-electron chi connectivity index (χ1n) is 10.3. The van der Waals surface area contributed by atoms with E-state index in [-0.39, 0.29) is 5.69 Å². The zero-order valence-corrected chi connectivity index (χ0v) is 19.1. The summed E-state index contributed by atoms with van der Waals surface area (Å²) in [5, 5.41) is 10.7. The number of anilines is 1. The Balaban J connectivity index is 1.65. The summed E-state index contributed by atoms with van der Waals surface area (Å²) in [7, 11) is 0. The Hall–Kier alpha value is -3.66. The van der Waals surface area contributed by atoms with Crippen molar-refractivity contribution in [3.63, 3.8) is 0 Å². The minimum Gasteiger partial charge on any atom is -0.325 e. The summed E-state index contributed by atoms with van der Waals surface area (Å²) >= 11 is 1.11. The highest BCUT2D eigenvalue weighted by molar-refractivity contribution is 8.00.